The Bertz CT molecular complexity index is 472. The van der Waals surface area contributed by atoms with Gasteiger partial charge in [-0.2, -0.15) is 4.98 Å². The molecule has 4 nitrogen and oxygen atoms in total. The van der Waals surface area contributed by atoms with Crippen LogP contribution in [0.3, 0.4) is 0 Å². The second-order valence-electron chi connectivity index (χ2n) is 6.57. The topological polar surface area (TPSA) is 41.1 Å². The molecular weight excluding hydrogens is 260 g/mol. The lowest BCUT2D eigenvalue weighted by molar-refractivity contribution is 0.242. The molecule has 1 saturated carbocycles. The van der Waals surface area contributed by atoms with E-state index in [1.807, 2.05) is 0 Å². The summed E-state index contributed by atoms with van der Waals surface area (Å²) in [6, 6.07) is 2.87. The van der Waals surface area contributed by atoms with Gasteiger partial charge < -0.3 is 10.2 Å². The van der Waals surface area contributed by atoms with Crippen LogP contribution in [0, 0.1) is 12.8 Å². The molecule has 0 bridgehead atoms. The van der Waals surface area contributed by atoms with Gasteiger partial charge in [-0.1, -0.05) is 19.8 Å². The van der Waals surface area contributed by atoms with E-state index in [2.05, 4.69) is 35.1 Å². The molecule has 0 amide bonds. The van der Waals surface area contributed by atoms with E-state index in [1.54, 1.807) is 0 Å². The summed E-state index contributed by atoms with van der Waals surface area (Å²) < 4.78 is 0. The summed E-state index contributed by atoms with van der Waals surface area (Å²) in [6.07, 6.45) is 9.36. The lowest BCUT2D eigenvalue weighted by Crippen LogP contribution is -2.47. The highest BCUT2D eigenvalue weighted by Gasteiger charge is 2.34. The molecule has 0 spiro atoms. The number of hydrogen-bond acceptors (Lipinski definition) is 4. The van der Waals surface area contributed by atoms with Gasteiger partial charge in [0, 0.05) is 30.9 Å². The van der Waals surface area contributed by atoms with E-state index in [-0.39, 0.29) is 0 Å². The van der Waals surface area contributed by atoms with Crippen molar-refractivity contribution in [1.82, 2.24) is 9.97 Å². The zero-order valence-corrected chi connectivity index (χ0v) is 13.4. The van der Waals surface area contributed by atoms with Crippen molar-refractivity contribution in [3.05, 3.63) is 11.8 Å². The average molecular weight is 288 g/mol. The number of anilines is 2. The van der Waals surface area contributed by atoms with E-state index in [1.165, 1.54) is 38.5 Å². The third-order valence-electron chi connectivity index (χ3n) is 4.91. The minimum Gasteiger partial charge on any atom is -0.354 e. The highest BCUT2D eigenvalue weighted by Crippen LogP contribution is 2.37. The molecule has 3 rings (SSSR count). The maximum atomic E-state index is 4.79. The molecule has 1 aliphatic heterocycles. The first-order valence-electron chi connectivity index (χ1n) is 8.64. The summed E-state index contributed by atoms with van der Waals surface area (Å²) in [7, 11) is 0. The average Bonchev–Trinajstić information content (AvgIpc) is 2.52. The molecule has 4 heteroatoms. The smallest absolute Gasteiger partial charge is 0.224 e. The largest absolute Gasteiger partial charge is 0.354 e. The third-order valence-corrected chi connectivity index (χ3v) is 4.91. The number of rotatable bonds is 4. The van der Waals surface area contributed by atoms with Crippen LogP contribution in [-0.2, 0) is 0 Å². The van der Waals surface area contributed by atoms with Crippen LogP contribution in [0.15, 0.2) is 6.07 Å². The van der Waals surface area contributed by atoms with E-state index in [0.29, 0.717) is 6.04 Å². The number of nitrogens with zero attached hydrogens (tertiary/aromatic N) is 3. The quantitative estimate of drug-likeness (QED) is 0.915. The maximum absolute atomic E-state index is 4.79. The Hall–Kier alpha value is -1.32. The number of nitrogens with one attached hydrogen (secondary N) is 1. The highest BCUT2D eigenvalue weighted by atomic mass is 15.3. The van der Waals surface area contributed by atoms with Crippen LogP contribution in [0.1, 0.15) is 57.6 Å². The van der Waals surface area contributed by atoms with Gasteiger partial charge in [-0.3, -0.25) is 0 Å². The summed E-state index contributed by atoms with van der Waals surface area (Å²) in [6.45, 7) is 6.34. The van der Waals surface area contributed by atoms with Gasteiger partial charge in [0.1, 0.15) is 5.82 Å². The summed E-state index contributed by atoms with van der Waals surface area (Å²) in [4.78, 5) is 11.9. The van der Waals surface area contributed by atoms with Crippen LogP contribution >= 0.6 is 0 Å². The molecule has 2 fully saturated rings. The summed E-state index contributed by atoms with van der Waals surface area (Å²) in [5.74, 6) is 2.82. The number of piperidine rings is 1. The van der Waals surface area contributed by atoms with Crippen molar-refractivity contribution in [2.45, 2.75) is 64.8 Å². The molecule has 1 saturated heterocycles. The van der Waals surface area contributed by atoms with Gasteiger partial charge in [0.15, 0.2) is 0 Å². The molecule has 21 heavy (non-hydrogen) atoms. The van der Waals surface area contributed by atoms with Gasteiger partial charge >= 0.3 is 0 Å². The van der Waals surface area contributed by atoms with E-state index >= 15 is 0 Å². The zero-order chi connectivity index (χ0) is 14.7. The van der Waals surface area contributed by atoms with E-state index in [0.717, 1.165) is 42.9 Å². The van der Waals surface area contributed by atoms with Crippen molar-refractivity contribution in [3.8, 4) is 0 Å². The van der Waals surface area contributed by atoms with Gasteiger partial charge in [-0.25, -0.2) is 4.98 Å². The lowest BCUT2D eigenvalue weighted by Gasteiger charge is -2.44. The van der Waals surface area contributed by atoms with Gasteiger partial charge in [0.25, 0.3) is 0 Å². The van der Waals surface area contributed by atoms with Crippen LogP contribution in [0.25, 0.3) is 0 Å². The first-order chi connectivity index (χ1) is 10.3. The predicted octanol–water partition coefficient (Wildman–Crippen LogP) is 3.77. The maximum Gasteiger partial charge on any atom is 0.224 e. The number of hydrogen-bond donors (Lipinski definition) is 1. The minimum absolute atomic E-state index is 0.709. The van der Waals surface area contributed by atoms with Crippen LogP contribution in [-0.4, -0.2) is 29.1 Å². The summed E-state index contributed by atoms with van der Waals surface area (Å²) in [5.41, 5.74) is 1.07. The highest BCUT2D eigenvalue weighted by molar-refractivity contribution is 5.46. The van der Waals surface area contributed by atoms with Crippen molar-refractivity contribution in [3.63, 3.8) is 0 Å². The van der Waals surface area contributed by atoms with Crippen LogP contribution in [0.4, 0.5) is 11.8 Å². The van der Waals surface area contributed by atoms with Gasteiger partial charge in [0.05, 0.1) is 0 Å². The second-order valence-corrected chi connectivity index (χ2v) is 6.57. The third kappa shape index (κ3) is 3.30. The van der Waals surface area contributed by atoms with Gasteiger partial charge in [-0.05, 0) is 44.9 Å². The Kier molecular flexibility index (Phi) is 4.61. The molecule has 2 aliphatic rings. The first-order valence-corrected chi connectivity index (χ1v) is 8.64. The van der Waals surface area contributed by atoms with Crippen molar-refractivity contribution in [2.75, 3.05) is 23.3 Å². The van der Waals surface area contributed by atoms with Crippen LogP contribution in [0.5, 0.6) is 0 Å². The summed E-state index contributed by atoms with van der Waals surface area (Å²) in [5, 5.41) is 3.34. The first kappa shape index (κ1) is 14.6. The fourth-order valence-corrected chi connectivity index (χ4v) is 3.92. The van der Waals surface area contributed by atoms with E-state index in [4.69, 9.17) is 4.98 Å². The molecule has 0 radical (unpaired) electrons. The molecule has 2 atom stereocenters. The van der Waals surface area contributed by atoms with E-state index < -0.39 is 0 Å². The Balaban J connectivity index is 1.82. The Morgan fingerprint density at radius 3 is 2.86 bits per heavy atom. The standard InChI is InChI=1S/C17H28N4/c1-3-10-18-17-19-13(2)12-16(20-17)21-11-6-8-14-7-4-5-9-15(14)21/h12,14-15H,3-11H2,1-2H3,(H,18,19,20). The number of fused-ring (bicyclic) bond motifs is 1. The molecule has 116 valence electrons. The summed E-state index contributed by atoms with van der Waals surface area (Å²) >= 11 is 0. The predicted molar refractivity (Wildman–Crippen MR) is 87.9 cm³/mol. The molecule has 0 aromatic carbocycles. The Morgan fingerprint density at radius 1 is 1.19 bits per heavy atom. The molecule has 1 aromatic rings. The lowest BCUT2D eigenvalue weighted by atomic mass is 9.78. The molecule has 1 aliphatic carbocycles. The zero-order valence-electron chi connectivity index (χ0n) is 13.4. The SMILES string of the molecule is CCCNc1nc(C)cc(N2CCCC3CCCCC32)n1. The van der Waals surface area contributed by atoms with Crippen molar-refractivity contribution < 1.29 is 0 Å². The second kappa shape index (κ2) is 6.63. The van der Waals surface area contributed by atoms with Crippen molar-refractivity contribution >= 4 is 11.8 Å². The molecule has 2 heterocycles. The fourth-order valence-electron chi connectivity index (χ4n) is 3.92. The number of aromatic nitrogens is 2. The minimum atomic E-state index is 0.709. The van der Waals surface area contributed by atoms with Crippen molar-refractivity contribution in [2.24, 2.45) is 5.92 Å². The van der Waals surface area contributed by atoms with Crippen LogP contribution < -0.4 is 10.2 Å². The van der Waals surface area contributed by atoms with Gasteiger partial charge in [-0.15, -0.1) is 0 Å². The molecular formula is C17H28N4. The molecule has 1 aromatic heterocycles. The normalized spacial score (nSPS) is 25.5. The van der Waals surface area contributed by atoms with Crippen LogP contribution in [0.2, 0.25) is 0 Å². The van der Waals surface area contributed by atoms with Crippen molar-refractivity contribution in [1.29, 1.82) is 0 Å². The number of aryl methyl sites for hydroxylation is 1. The van der Waals surface area contributed by atoms with Gasteiger partial charge in [0.2, 0.25) is 5.95 Å². The molecule has 2 unspecified atom stereocenters. The molecule has 1 N–H and O–H groups in total. The fraction of sp³-hybridized carbons (Fsp3) is 0.765. The Labute approximate surface area is 128 Å². The monoisotopic (exact) mass is 288 g/mol. The van der Waals surface area contributed by atoms with E-state index in [9.17, 15) is 0 Å². The Morgan fingerprint density at radius 2 is 2.00 bits per heavy atom.